The third-order valence-electron chi connectivity index (χ3n) is 2.51. The van der Waals surface area contributed by atoms with Crippen LogP contribution in [0.4, 0.5) is 0 Å². The van der Waals surface area contributed by atoms with E-state index < -0.39 is 0 Å². The van der Waals surface area contributed by atoms with Gasteiger partial charge in [0.15, 0.2) is 0 Å². The van der Waals surface area contributed by atoms with E-state index in [1.807, 2.05) is 12.1 Å². The van der Waals surface area contributed by atoms with Gasteiger partial charge >= 0.3 is 0 Å². The second-order valence-corrected chi connectivity index (χ2v) is 3.87. The first-order valence-electron chi connectivity index (χ1n) is 5.81. The minimum absolute atomic E-state index is 0.392. The maximum atomic E-state index is 5.50. The molecule has 0 saturated heterocycles. The molecule has 0 radical (unpaired) electrons. The molecule has 1 atom stereocenters. The van der Waals surface area contributed by atoms with Crippen molar-refractivity contribution in [2.45, 2.75) is 25.3 Å². The van der Waals surface area contributed by atoms with Crippen molar-refractivity contribution in [2.75, 3.05) is 26.8 Å². The zero-order chi connectivity index (χ0) is 11.6. The smallest absolute Gasteiger partial charge is 0.105 e. The van der Waals surface area contributed by atoms with Gasteiger partial charge in [0.25, 0.3) is 0 Å². The highest BCUT2D eigenvalue weighted by atomic mass is 16.5. The third-order valence-corrected chi connectivity index (χ3v) is 2.51. The molecule has 1 aromatic heterocycles. The Balaban J connectivity index is 2.15. The lowest BCUT2D eigenvalue weighted by Crippen LogP contribution is -2.35. The average molecular weight is 226 g/mol. The van der Waals surface area contributed by atoms with Gasteiger partial charge in [0.05, 0.1) is 12.9 Å². The number of rotatable bonds is 9. The molecule has 1 aromatic rings. The Labute approximate surface area is 97.1 Å². The van der Waals surface area contributed by atoms with Crippen LogP contribution < -0.4 is 11.1 Å². The summed E-state index contributed by atoms with van der Waals surface area (Å²) in [4.78, 5) is 0. The lowest BCUT2D eigenvalue weighted by molar-refractivity contribution is 0.162. The summed E-state index contributed by atoms with van der Waals surface area (Å²) in [5.41, 5.74) is 5.50. The van der Waals surface area contributed by atoms with Crippen molar-refractivity contribution in [3.8, 4) is 0 Å². The van der Waals surface area contributed by atoms with E-state index in [4.69, 9.17) is 14.9 Å². The van der Waals surface area contributed by atoms with E-state index in [0.717, 1.165) is 44.7 Å². The summed E-state index contributed by atoms with van der Waals surface area (Å²) in [5, 5.41) is 3.45. The highest BCUT2D eigenvalue weighted by molar-refractivity contribution is 4.98. The van der Waals surface area contributed by atoms with Crippen LogP contribution in [0.15, 0.2) is 22.8 Å². The normalized spacial score (nSPS) is 12.9. The van der Waals surface area contributed by atoms with Crippen molar-refractivity contribution in [3.63, 3.8) is 0 Å². The monoisotopic (exact) mass is 226 g/mol. The molecule has 3 N–H and O–H groups in total. The number of nitrogens with two attached hydrogens (primary N) is 1. The standard InChI is InChI=1S/C12H22N2O2/c1-15-10-11(4-2-7-13)14-8-6-12-5-3-9-16-12/h3,5,9,11,14H,2,4,6-8,10,13H2,1H3. The highest BCUT2D eigenvalue weighted by Gasteiger charge is 2.07. The van der Waals surface area contributed by atoms with Crippen molar-refractivity contribution < 1.29 is 9.15 Å². The van der Waals surface area contributed by atoms with Crippen LogP contribution >= 0.6 is 0 Å². The van der Waals surface area contributed by atoms with Gasteiger partial charge in [-0.2, -0.15) is 0 Å². The van der Waals surface area contributed by atoms with Crippen LogP contribution in [0.1, 0.15) is 18.6 Å². The van der Waals surface area contributed by atoms with Crippen molar-refractivity contribution in [2.24, 2.45) is 5.73 Å². The molecule has 4 heteroatoms. The first kappa shape index (κ1) is 13.2. The largest absolute Gasteiger partial charge is 0.469 e. The maximum Gasteiger partial charge on any atom is 0.105 e. The highest BCUT2D eigenvalue weighted by Crippen LogP contribution is 2.01. The van der Waals surface area contributed by atoms with Gasteiger partial charge in [0.1, 0.15) is 5.76 Å². The van der Waals surface area contributed by atoms with E-state index in [-0.39, 0.29) is 0 Å². The Morgan fingerprint density at radius 2 is 2.44 bits per heavy atom. The van der Waals surface area contributed by atoms with Crippen LogP contribution in [0.5, 0.6) is 0 Å². The number of hydrogen-bond donors (Lipinski definition) is 2. The quantitative estimate of drug-likeness (QED) is 0.663. The van der Waals surface area contributed by atoms with Crippen LogP contribution in [0, 0.1) is 0 Å². The van der Waals surface area contributed by atoms with Gasteiger partial charge < -0.3 is 20.2 Å². The summed E-state index contributed by atoms with van der Waals surface area (Å²) < 4.78 is 10.4. The van der Waals surface area contributed by atoms with Gasteiger partial charge in [0, 0.05) is 26.1 Å². The molecule has 92 valence electrons. The number of hydrogen-bond acceptors (Lipinski definition) is 4. The van der Waals surface area contributed by atoms with E-state index in [2.05, 4.69) is 5.32 Å². The molecule has 1 rings (SSSR count). The number of methoxy groups -OCH3 is 1. The number of ether oxygens (including phenoxy) is 1. The van der Waals surface area contributed by atoms with Crippen LogP contribution in [0.2, 0.25) is 0 Å². The zero-order valence-corrected chi connectivity index (χ0v) is 9.95. The van der Waals surface area contributed by atoms with Gasteiger partial charge in [-0.25, -0.2) is 0 Å². The predicted molar refractivity (Wildman–Crippen MR) is 64.4 cm³/mol. The van der Waals surface area contributed by atoms with Crippen LogP contribution in [0.3, 0.4) is 0 Å². The summed E-state index contributed by atoms with van der Waals surface area (Å²) >= 11 is 0. The molecule has 1 heterocycles. The lowest BCUT2D eigenvalue weighted by atomic mass is 10.1. The van der Waals surface area contributed by atoms with Gasteiger partial charge in [-0.05, 0) is 31.5 Å². The number of nitrogens with one attached hydrogen (secondary N) is 1. The summed E-state index contributed by atoms with van der Waals surface area (Å²) in [6.07, 6.45) is 4.70. The predicted octanol–water partition coefficient (Wildman–Crippen LogP) is 1.17. The Kier molecular flexibility index (Phi) is 6.88. The fraction of sp³-hybridized carbons (Fsp3) is 0.667. The third kappa shape index (κ3) is 5.30. The molecule has 0 aliphatic heterocycles. The molecular formula is C12H22N2O2. The Hall–Kier alpha value is -0.840. The molecule has 0 bridgehead atoms. The van der Waals surface area contributed by atoms with E-state index in [9.17, 15) is 0 Å². The fourth-order valence-electron chi connectivity index (χ4n) is 1.66. The molecule has 0 fully saturated rings. The fourth-order valence-corrected chi connectivity index (χ4v) is 1.66. The summed E-state index contributed by atoms with van der Waals surface area (Å²) in [6, 6.07) is 4.30. The van der Waals surface area contributed by atoms with Crippen molar-refractivity contribution in [1.29, 1.82) is 0 Å². The first-order valence-corrected chi connectivity index (χ1v) is 5.81. The van der Waals surface area contributed by atoms with Crippen LogP contribution in [-0.4, -0.2) is 32.8 Å². The van der Waals surface area contributed by atoms with E-state index in [1.54, 1.807) is 13.4 Å². The molecule has 0 saturated carbocycles. The molecule has 16 heavy (non-hydrogen) atoms. The molecular weight excluding hydrogens is 204 g/mol. The molecule has 0 aliphatic carbocycles. The molecule has 4 nitrogen and oxygen atoms in total. The summed E-state index contributed by atoms with van der Waals surface area (Å²) in [5.74, 6) is 1.02. The number of furan rings is 1. The van der Waals surface area contributed by atoms with Crippen LogP contribution in [-0.2, 0) is 11.2 Å². The minimum Gasteiger partial charge on any atom is -0.469 e. The van der Waals surface area contributed by atoms with Crippen molar-refractivity contribution in [3.05, 3.63) is 24.2 Å². The summed E-state index contributed by atoms with van der Waals surface area (Å²) in [7, 11) is 1.73. The Bertz CT molecular complexity index is 250. The van der Waals surface area contributed by atoms with E-state index in [0.29, 0.717) is 6.04 Å². The second kappa shape index (κ2) is 8.33. The van der Waals surface area contributed by atoms with E-state index >= 15 is 0 Å². The zero-order valence-electron chi connectivity index (χ0n) is 9.95. The topological polar surface area (TPSA) is 60.4 Å². The Morgan fingerprint density at radius 3 is 3.06 bits per heavy atom. The second-order valence-electron chi connectivity index (χ2n) is 3.87. The average Bonchev–Trinajstić information content (AvgIpc) is 2.79. The Morgan fingerprint density at radius 1 is 1.56 bits per heavy atom. The summed E-state index contributed by atoms with van der Waals surface area (Å²) in [6.45, 7) is 2.38. The lowest BCUT2D eigenvalue weighted by Gasteiger charge is -2.17. The molecule has 1 unspecified atom stereocenters. The molecule has 0 aliphatic rings. The molecule has 0 amide bonds. The molecule has 0 aromatic carbocycles. The SMILES string of the molecule is COCC(CCCN)NCCc1ccco1. The minimum atomic E-state index is 0.392. The van der Waals surface area contributed by atoms with Gasteiger partial charge in [-0.1, -0.05) is 0 Å². The first-order chi connectivity index (χ1) is 7.86. The van der Waals surface area contributed by atoms with Crippen molar-refractivity contribution >= 4 is 0 Å². The maximum absolute atomic E-state index is 5.50. The van der Waals surface area contributed by atoms with Gasteiger partial charge in [0.2, 0.25) is 0 Å². The van der Waals surface area contributed by atoms with Gasteiger partial charge in [-0.3, -0.25) is 0 Å². The van der Waals surface area contributed by atoms with Crippen LogP contribution in [0.25, 0.3) is 0 Å². The van der Waals surface area contributed by atoms with Gasteiger partial charge in [-0.15, -0.1) is 0 Å². The molecule has 0 spiro atoms. The van der Waals surface area contributed by atoms with Crippen molar-refractivity contribution in [1.82, 2.24) is 5.32 Å². The van der Waals surface area contributed by atoms with E-state index in [1.165, 1.54) is 0 Å².